The van der Waals surface area contributed by atoms with Gasteiger partial charge in [-0.15, -0.1) is 0 Å². The maximum Gasteiger partial charge on any atom is 0.254 e. The molecule has 1 aromatic heterocycles. The van der Waals surface area contributed by atoms with Crippen molar-refractivity contribution in [3.8, 4) is 11.4 Å². The number of hydrogen-bond acceptors (Lipinski definition) is 5. The summed E-state index contributed by atoms with van der Waals surface area (Å²) in [5.74, 6) is 1.80. The molecule has 1 aliphatic rings. The molecule has 228 valence electrons. The average Bonchev–Trinajstić information content (AvgIpc) is 3.35. The van der Waals surface area contributed by atoms with Crippen LogP contribution in [0.2, 0.25) is 0 Å². The van der Waals surface area contributed by atoms with E-state index in [4.69, 9.17) is 9.84 Å². The summed E-state index contributed by atoms with van der Waals surface area (Å²) in [6.07, 6.45) is 2.81. The van der Waals surface area contributed by atoms with Gasteiger partial charge in [-0.05, 0) is 81.1 Å². The van der Waals surface area contributed by atoms with Gasteiger partial charge in [0.25, 0.3) is 5.91 Å². The van der Waals surface area contributed by atoms with Crippen LogP contribution in [-0.2, 0) is 13.0 Å². The van der Waals surface area contributed by atoms with Gasteiger partial charge in [0.15, 0.2) is 0 Å². The van der Waals surface area contributed by atoms with Crippen molar-refractivity contribution in [1.29, 1.82) is 0 Å². The predicted octanol–water partition coefficient (Wildman–Crippen LogP) is 6.58. The topological polar surface area (TPSA) is 53.8 Å². The monoisotopic (exact) mass is 577 g/mol. The van der Waals surface area contributed by atoms with Gasteiger partial charge in [-0.2, -0.15) is 5.10 Å². The maximum atomic E-state index is 14.0. The van der Waals surface area contributed by atoms with Crippen molar-refractivity contribution in [3.63, 3.8) is 0 Å². The highest BCUT2D eigenvalue weighted by molar-refractivity contribution is 5.94. The number of rotatable bonds is 13. The second-order valence-electron chi connectivity index (χ2n) is 11.9. The van der Waals surface area contributed by atoms with Crippen LogP contribution in [0, 0.1) is 11.7 Å². The van der Waals surface area contributed by atoms with E-state index in [-0.39, 0.29) is 11.7 Å². The number of hydrogen-bond donors (Lipinski definition) is 0. The molecule has 0 atom stereocenters. The first kappa shape index (κ1) is 31.5. The zero-order valence-corrected chi connectivity index (χ0v) is 26.3. The smallest absolute Gasteiger partial charge is 0.254 e. The Balaban J connectivity index is 1.70. The van der Waals surface area contributed by atoms with Gasteiger partial charge in [-0.25, -0.2) is 9.07 Å². The molecule has 1 aliphatic heterocycles. The second-order valence-corrected chi connectivity index (χ2v) is 11.9. The number of amides is 1. The fraction of sp³-hybridized carbons (Fsp3) is 0.529. The summed E-state index contributed by atoms with van der Waals surface area (Å²) in [6, 6.07) is 14.5. The number of aryl methyl sites for hydroxylation is 1. The molecule has 1 amide bonds. The van der Waals surface area contributed by atoms with Crippen molar-refractivity contribution in [2.75, 3.05) is 44.2 Å². The number of aromatic nitrogens is 2. The number of carbonyl (C=O) groups excluding carboxylic acids is 1. The van der Waals surface area contributed by atoms with E-state index >= 15 is 0 Å². The second kappa shape index (κ2) is 14.7. The number of carbonyl (C=O) groups is 1. The van der Waals surface area contributed by atoms with Crippen molar-refractivity contribution < 1.29 is 13.9 Å². The highest BCUT2D eigenvalue weighted by Gasteiger charge is 2.29. The first-order chi connectivity index (χ1) is 20.2. The minimum Gasteiger partial charge on any atom is -0.494 e. The summed E-state index contributed by atoms with van der Waals surface area (Å²) in [4.78, 5) is 20.8. The van der Waals surface area contributed by atoms with E-state index in [2.05, 4.69) is 51.3 Å². The molecule has 0 bridgehead atoms. The lowest BCUT2D eigenvalue weighted by Gasteiger charge is -2.38. The molecular formula is C34H48FN5O2. The molecule has 7 nitrogen and oxygen atoms in total. The van der Waals surface area contributed by atoms with Crippen LogP contribution in [0.15, 0.2) is 48.5 Å². The van der Waals surface area contributed by atoms with E-state index < -0.39 is 0 Å². The molecule has 0 N–H and O–H groups in total. The van der Waals surface area contributed by atoms with Gasteiger partial charge >= 0.3 is 0 Å². The normalized spacial score (nSPS) is 14.2. The van der Waals surface area contributed by atoms with Crippen LogP contribution in [0.25, 0.3) is 5.69 Å². The van der Waals surface area contributed by atoms with Crippen molar-refractivity contribution >= 4 is 11.7 Å². The first-order valence-corrected chi connectivity index (χ1v) is 15.6. The van der Waals surface area contributed by atoms with Gasteiger partial charge in [0.2, 0.25) is 0 Å². The molecule has 8 heteroatoms. The summed E-state index contributed by atoms with van der Waals surface area (Å²) in [7, 11) is 0. The van der Waals surface area contributed by atoms with Crippen LogP contribution in [0.5, 0.6) is 5.75 Å². The Labute approximate surface area is 251 Å². The molecule has 1 saturated heterocycles. The van der Waals surface area contributed by atoms with Crippen molar-refractivity contribution in [3.05, 3.63) is 71.2 Å². The molecule has 0 radical (unpaired) electrons. The lowest BCUT2D eigenvalue weighted by Crippen LogP contribution is -2.49. The molecule has 0 spiro atoms. The molecule has 2 heterocycles. The molecule has 0 saturated carbocycles. The van der Waals surface area contributed by atoms with Gasteiger partial charge < -0.3 is 14.5 Å². The van der Waals surface area contributed by atoms with E-state index in [1.165, 1.54) is 12.1 Å². The lowest BCUT2D eigenvalue weighted by molar-refractivity contribution is 0.0722. The number of halogens is 1. The van der Waals surface area contributed by atoms with Crippen LogP contribution in [0.3, 0.4) is 0 Å². The third kappa shape index (κ3) is 7.71. The number of piperazine rings is 1. The third-order valence-electron chi connectivity index (χ3n) is 7.88. The van der Waals surface area contributed by atoms with Crippen LogP contribution >= 0.6 is 0 Å². The lowest BCUT2D eigenvalue weighted by atomic mass is 10.1. The predicted molar refractivity (Wildman–Crippen MR) is 168 cm³/mol. The van der Waals surface area contributed by atoms with Gasteiger partial charge in [-0.1, -0.05) is 34.1 Å². The molecule has 3 aromatic rings. The Hall–Kier alpha value is -3.39. The summed E-state index contributed by atoms with van der Waals surface area (Å²) in [6.45, 7) is 18.4. The van der Waals surface area contributed by atoms with Crippen LogP contribution in [0.1, 0.15) is 76.0 Å². The fourth-order valence-electron chi connectivity index (χ4n) is 5.53. The van der Waals surface area contributed by atoms with Gasteiger partial charge in [0.1, 0.15) is 17.4 Å². The summed E-state index contributed by atoms with van der Waals surface area (Å²) < 4.78 is 21.7. The number of anilines is 1. The minimum atomic E-state index is -0.274. The summed E-state index contributed by atoms with van der Waals surface area (Å²) in [5.41, 5.74) is 3.49. The molecule has 0 aliphatic carbocycles. The number of nitrogens with zero attached hydrogens (tertiary/aromatic N) is 5. The summed E-state index contributed by atoms with van der Waals surface area (Å²) >= 11 is 0. The van der Waals surface area contributed by atoms with Gasteiger partial charge in [0.05, 0.1) is 24.5 Å². The molecule has 0 unspecified atom stereocenters. The largest absolute Gasteiger partial charge is 0.494 e. The Bertz CT molecular complexity index is 1280. The molecule has 4 rings (SSSR count). The van der Waals surface area contributed by atoms with Crippen molar-refractivity contribution in [1.82, 2.24) is 19.6 Å². The van der Waals surface area contributed by atoms with Crippen LogP contribution in [0.4, 0.5) is 10.2 Å². The van der Waals surface area contributed by atoms with Gasteiger partial charge in [-0.3, -0.25) is 9.69 Å². The van der Waals surface area contributed by atoms with E-state index in [0.717, 1.165) is 74.0 Å². The van der Waals surface area contributed by atoms with E-state index in [1.807, 2.05) is 33.8 Å². The maximum absolute atomic E-state index is 14.0. The molecule has 2 aromatic carbocycles. The van der Waals surface area contributed by atoms with E-state index in [1.54, 1.807) is 12.1 Å². The van der Waals surface area contributed by atoms with Crippen molar-refractivity contribution in [2.45, 2.75) is 73.4 Å². The number of ether oxygens (including phenoxy) is 1. The first-order valence-electron chi connectivity index (χ1n) is 15.6. The van der Waals surface area contributed by atoms with E-state index in [9.17, 15) is 9.18 Å². The SMILES string of the molecule is CCCCOc1ccc(C(=O)N(Cc2c(CC)nn(-c3ccc(F)cc3)c2N2CCN(C(C)C)CC2)CC(C)C)cc1. The Morgan fingerprint density at radius 1 is 0.976 bits per heavy atom. The Morgan fingerprint density at radius 2 is 1.64 bits per heavy atom. The number of benzene rings is 2. The zero-order valence-electron chi connectivity index (χ0n) is 26.3. The average molecular weight is 578 g/mol. The van der Waals surface area contributed by atoms with Crippen LogP contribution < -0.4 is 9.64 Å². The van der Waals surface area contributed by atoms with Gasteiger partial charge in [0, 0.05) is 49.9 Å². The minimum absolute atomic E-state index is 0.00373. The van der Waals surface area contributed by atoms with Crippen LogP contribution in [-0.4, -0.2) is 70.9 Å². The Morgan fingerprint density at radius 3 is 2.21 bits per heavy atom. The molecule has 42 heavy (non-hydrogen) atoms. The standard InChI is InChI=1S/C34H48FN5O2/c1-7-9-22-42-30-16-10-27(11-17-30)34(41)39(23-25(3)4)24-31-32(8-2)36-40(29-14-12-28(35)13-15-29)33(31)38-20-18-37(19-21-38)26(5)6/h10-17,25-26H,7-9,18-24H2,1-6H3. The zero-order chi connectivity index (χ0) is 30.2. The van der Waals surface area contributed by atoms with E-state index in [0.29, 0.717) is 37.2 Å². The summed E-state index contributed by atoms with van der Waals surface area (Å²) in [5, 5.41) is 5.05. The highest BCUT2D eigenvalue weighted by Crippen LogP contribution is 2.31. The fourth-order valence-corrected chi connectivity index (χ4v) is 5.53. The molecular weight excluding hydrogens is 529 g/mol. The Kier molecular flexibility index (Phi) is 11.0. The van der Waals surface area contributed by atoms with Crippen molar-refractivity contribution in [2.24, 2.45) is 5.92 Å². The number of unbranched alkanes of at least 4 members (excludes halogenated alkanes) is 1. The highest BCUT2D eigenvalue weighted by atomic mass is 19.1. The third-order valence-corrected chi connectivity index (χ3v) is 7.88. The quantitative estimate of drug-likeness (QED) is 0.215. The molecule has 1 fully saturated rings.